The Morgan fingerprint density at radius 2 is 1.74 bits per heavy atom. The van der Waals surface area contributed by atoms with Crippen LogP contribution in [-0.2, 0) is 0 Å². The first-order valence-corrected chi connectivity index (χ1v) is 10.0. The molecule has 4 nitrogen and oxygen atoms in total. The summed E-state index contributed by atoms with van der Waals surface area (Å²) in [5.41, 5.74) is 1.76. The third-order valence-electron chi connectivity index (χ3n) is 5.66. The number of nitrogens with one attached hydrogen (secondary N) is 1. The van der Waals surface area contributed by atoms with Crippen molar-refractivity contribution < 1.29 is 22.8 Å². The minimum Gasteiger partial charge on any atom is -0.355 e. The normalized spacial score (nSPS) is 15.7. The van der Waals surface area contributed by atoms with E-state index in [1.165, 1.54) is 24.1 Å². The lowest BCUT2D eigenvalue weighted by atomic mass is 9.95. The first-order valence-electron chi connectivity index (χ1n) is 10.0. The molecule has 1 aliphatic heterocycles. The van der Waals surface area contributed by atoms with Crippen LogP contribution in [0.15, 0.2) is 54.6 Å². The molecule has 3 aromatic carbocycles. The number of alkyl halides is 2. The van der Waals surface area contributed by atoms with Crippen LogP contribution >= 0.6 is 0 Å². The number of carbonyl (C=O) groups excluding carboxylic acids is 2. The first-order chi connectivity index (χ1) is 14.8. The number of halogens is 3. The smallest absolute Gasteiger partial charge is 0.253 e. The van der Waals surface area contributed by atoms with Crippen LogP contribution in [-0.4, -0.2) is 42.8 Å². The van der Waals surface area contributed by atoms with Gasteiger partial charge in [-0.3, -0.25) is 9.59 Å². The fourth-order valence-corrected chi connectivity index (χ4v) is 3.89. The molecule has 3 aromatic rings. The number of nitrogens with zero attached hydrogens (tertiary/aromatic N) is 1. The molecule has 1 saturated heterocycles. The Kier molecular flexibility index (Phi) is 5.43. The van der Waals surface area contributed by atoms with E-state index in [0.717, 1.165) is 16.3 Å². The second-order valence-corrected chi connectivity index (χ2v) is 7.66. The maximum Gasteiger partial charge on any atom is 0.253 e. The van der Waals surface area contributed by atoms with Crippen LogP contribution in [0.3, 0.4) is 0 Å². The Morgan fingerprint density at radius 3 is 2.42 bits per heavy atom. The van der Waals surface area contributed by atoms with Crippen LogP contribution in [0.1, 0.15) is 33.6 Å². The number of piperidine rings is 1. The SMILES string of the molecule is CNC(=O)c1ccc(-c2cccc3cc(C(=O)N4CCC(F)(F)CC4)ccc23)cc1F. The monoisotopic (exact) mass is 426 g/mol. The van der Waals surface area contributed by atoms with Crippen molar-refractivity contribution in [3.8, 4) is 11.1 Å². The molecule has 1 N–H and O–H groups in total. The summed E-state index contributed by atoms with van der Waals surface area (Å²) in [5.74, 6) is -4.11. The average molecular weight is 426 g/mol. The highest BCUT2D eigenvalue weighted by atomic mass is 19.3. The van der Waals surface area contributed by atoms with Gasteiger partial charge in [0.1, 0.15) is 5.82 Å². The largest absolute Gasteiger partial charge is 0.355 e. The molecule has 7 heteroatoms. The van der Waals surface area contributed by atoms with Gasteiger partial charge in [0, 0.05) is 38.5 Å². The van der Waals surface area contributed by atoms with Crippen LogP contribution in [0.25, 0.3) is 21.9 Å². The van der Waals surface area contributed by atoms with Gasteiger partial charge in [-0.2, -0.15) is 0 Å². The van der Waals surface area contributed by atoms with E-state index >= 15 is 0 Å². The summed E-state index contributed by atoms with van der Waals surface area (Å²) < 4.78 is 41.2. The molecule has 1 fully saturated rings. The highest BCUT2D eigenvalue weighted by Crippen LogP contribution is 2.32. The lowest BCUT2D eigenvalue weighted by molar-refractivity contribution is -0.0494. The Bertz CT molecular complexity index is 1170. The van der Waals surface area contributed by atoms with Gasteiger partial charge in [-0.05, 0) is 46.2 Å². The van der Waals surface area contributed by atoms with Gasteiger partial charge in [-0.25, -0.2) is 13.2 Å². The maximum atomic E-state index is 14.4. The van der Waals surface area contributed by atoms with Gasteiger partial charge >= 0.3 is 0 Å². The molecule has 0 bridgehead atoms. The molecular formula is C24H21F3N2O2. The number of benzene rings is 3. The fourth-order valence-electron chi connectivity index (χ4n) is 3.89. The van der Waals surface area contributed by atoms with E-state index in [1.54, 1.807) is 30.3 Å². The summed E-state index contributed by atoms with van der Waals surface area (Å²) in [6.45, 7) is 0.0573. The minimum absolute atomic E-state index is 0.0286. The van der Waals surface area contributed by atoms with E-state index in [-0.39, 0.29) is 37.4 Å². The van der Waals surface area contributed by atoms with Crippen LogP contribution in [0.2, 0.25) is 0 Å². The molecule has 1 heterocycles. The Morgan fingerprint density at radius 1 is 1.00 bits per heavy atom. The molecule has 0 atom stereocenters. The predicted octanol–water partition coefficient (Wildman–Crippen LogP) is 4.88. The highest BCUT2D eigenvalue weighted by molar-refractivity contribution is 6.03. The Balaban J connectivity index is 1.65. The van der Waals surface area contributed by atoms with Gasteiger partial charge < -0.3 is 10.2 Å². The number of rotatable bonds is 3. The fraction of sp³-hybridized carbons (Fsp3) is 0.250. The van der Waals surface area contributed by atoms with E-state index in [4.69, 9.17) is 0 Å². The van der Waals surface area contributed by atoms with E-state index in [2.05, 4.69) is 5.32 Å². The first kappa shape index (κ1) is 20.9. The zero-order chi connectivity index (χ0) is 22.2. The van der Waals surface area contributed by atoms with Crippen molar-refractivity contribution >= 4 is 22.6 Å². The van der Waals surface area contributed by atoms with Gasteiger partial charge in [-0.1, -0.05) is 30.3 Å². The molecule has 0 unspecified atom stereocenters. The second kappa shape index (κ2) is 8.06. The van der Waals surface area contributed by atoms with Crippen molar-refractivity contribution in [2.45, 2.75) is 18.8 Å². The second-order valence-electron chi connectivity index (χ2n) is 7.66. The Hall–Kier alpha value is -3.35. The van der Waals surface area contributed by atoms with Crippen molar-refractivity contribution in [2.24, 2.45) is 0 Å². The third-order valence-corrected chi connectivity index (χ3v) is 5.66. The predicted molar refractivity (Wildman–Crippen MR) is 113 cm³/mol. The Labute approximate surface area is 177 Å². The van der Waals surface area contributed by atoms with E-state index in [0.29, 0.717) is 11.1 Å². The molecule has 0 radical (unpaired) electrons. The van der Waals surface area contributed by atoms with Crippen molar-refractivity contribution in [2.75, 3.05) is 20.1 Å². The van der Waals surface area contributed by atoms with Gasteiger partial charge in [-0.15, -0.1) is 0 Å². The molecule has 1 aliphatic rings. The molecule has 0 saturated carbocycles. The van der Waals surface area contributed by atoms with Gasteiger partial charge in [0.05, 0.1) is 5.56 Å². The molecule has 31 heavy (non-hydrogen) atoms. The molecular weight excluding hydrogens is 405 g/mol. The summed E-state index contributed by atoms with van der Waals surface area (Å²) in [7, 11) is 1.44. The number of amides is 2. The van der Waals surface area contributed by atoms with Gasteiger partial charge in [0.15, 0.2) is 0 Å². The average Bonchev–Trinajstić information content (AvgIpc) is 2.77. The zero-order valence-corrected chi connectivity index (χ0v) is 16.9. The summed E-state index contributed by atoms with van der Waals surface area (Å²) in [6, 6.07) is 15.1. The van der Waals surface area contributed by atoms with Crippen molar-refractivity contribution in [1.82, 2.24) is 10.2 Å². The maximum absolute atomic E-state index is 14.4. The van der Waals surface area contributed by atoms with Gasteiger partial charge in [0.25, 0.3) is 17.7 Å². The lowest BCUT2D eigenvalue weighted by Crippen LogP contribution is -2.42. The summed E-state index contributed by atoms with van der Waals surface area (Å²) in [6.07, 6.45) is -0.651. The number of hydrogen-bond acceptors (Lipinski definition) is 2. The number of likely N-dealkylation sites (tertiary alicyclic amines) is 1. The highest BCUT2D eigenvalue weighted by Gasteiger charge is 2.35. The topological polar surface area (TPSA) is 49.4 Å². The molecule has 0 spiro atoms. The van der Waals surface area contributed by atoms with E-state index in [1.807, 2.05) is 12.1 Å². The van der Waals surface area contributed by atoms with Gasteiger partial charge in [0.2, 0.25) is 0 Å². The summed E-state index contributed by atoms with van der Waals surface area (Å²) in [4.78, 5) is 26.0. The van der Waals surface area contributed by atoms with Crippen LogP contribution in [0.5, 0.6) is 0 Å². The number of fused-ring (bicyclic) bond motifs is 1. The van der Waals surface area contributed by atoms with Crippen LogP contribution in [0.4, 0.5) is 13.2 Å². The van der Waals surface area contributed by atoms with Crippen molar-refractivity contribution in [1.29, 1.82) is 0 Å². The number of carbonyl (C=O) groups is 2. The minimum atomic E-state index is -2.71. The molecule has 2 amide bonds. The molecule has 0 aliphatic carbocycles. The molecule has 4 rings (SSSR count). The van der Waals surface area contributed by atoms with Crippen molar-refractivity contribution in [3.63, 3.8) is 0 Å². The molecule has 160 valence electrons. The van der Waals surface area contributed by atoms with E-state index < -0.39 is 17.6 Å². The summed E-state index contributed by atoms with van der Waals surface area (Å²) in [5, 5.41) is 4.00. The summed E-state index contributed by atoms with van der Waals surface area (Å²) >= 11 is 0. The zero-order valence-electron chi connectivity index (χ0n) is 16.9. The van der Waals surface area contributed by atoms with Crippen LogP contribution in [0, 0.1) is 5.82 Å². The third kappa shape index (κ3) is 4.13. The van der Waals surface area contributed by atoms with Crippen molar-refractivity contribution in [3.05, 3.63) is 71.5 Å². The standard InChI is InChI=1S/C24H21F3N2O2/c1-28-22(30)20-8-5-16(14-21(20)25)18-4-2-3-15-13-17(6-7-19(15)18)23(31)29-11-9-24(26,27)10-12-29/h2-8,13-14H,9-12H2,1H3,(H,28,30). The quantitative estimate of drug-likeness (QED) is 0.649. The van der Waals surface area contributed by atoms with E-state index in [9.17, 15) is 22.8 Å². The lowest BCUT2D eigenvalue weighted by Gasteiger charge is -2.31. The number of hydrogen-bond donors (Lipinski definition) is 1. The van der Waals surface area contributed by atoms with Crippen LogP contribution < -0.4 is 5.32 Å². The molecule has 0 aromatic heterocycles.